The van der Waals surface area contributed by atoms with Gasteiger partial charge in [0.2, 0.25) is 0 Å². The Morgan fingerprint density at radius 2 is 2.00 bits per heavy atom. The van der Waals surface area contributed by atoms with Crippen molar-refractivity contribution in [3.8, 4) is 11.5 Å². The van der Waals surface area contributed by atoms with Crippen molar-refractivity contribution in [3.05, 3.63) is 82.1 Å². The van der Waals surface area contributed by atoms with Gasteiger partial charge in [0.05, 0.1) is 12.0 Å². The average Bonchev–Trinajstić information content (AvgIpc) is 3.17. The van der Waals surface area contributed by atoms with E-state index in [0.29, 0.717) is 22.9 Å². The molecule has 1 amide bonds. The van der Waals surface area contributed by atoms with Gasteiger partial charge in [-0.3, -0.25) is 4.79 Å². The first-order valence-corrected chi connectivity index (χ1v) is 9.45. The number of para-hydroxylation sites is 1. The lowest BCUT2D eigenvalue weighted by Gasteiger charge is -2.08. The predicted octanol–water partition coefficient (Wildman–Crippen LogP) is 5.62. The highest BCUT2D eigenvalue weighted by molar-refractivity contribution is 7.12. The summed E-state index contributed by atoms with van der Waals surface area (Å²) >= 11 is 1.40. The number of amides is 1. The Morgan fingerprint density at radius 3 is 2.81 bits per heavy atom. The quantitative estimate of drug-likeness (QED) is 0.579. The molecule has 1 N–H and O–H groups in total. The van der Waals surface area contributed by atoms with E-state index in [1.54, 1.807) is 13.2 Å². The molecule has 0 spiro atoms. The maximum absolute atomic E-state index is 12.4. The van der Waals surface area contributed by atoms with Crippen LogP contribution in [0.1, 0.15) is 27.7 Å². The van der Waals surface area contributed by atoms with Crippen molar-refractivity contribution in [2.24, 2.45) is 0 Å². The normalized spacial score (nSPS) is 10.7. The zero-order valence-electron chi connectivity index (χ0n) is 15.3. The zero-order valence-corrected chi connectivity index (χ0v) is 16.1. The van der Waals surface area contributed by atoms with Gasteiger partial charge in [-0.15, -0.1) is 11.3 Å². The number of benzene rings is 2. The van der Waals surface area contributed by atoms with Gasteiger partial charge in [-0.05, 0) is 36.6 Å². The highest BCUT2D eigenvalue weighted by Gasteiger charge is 2.11. The van der Waals surface area contributed by atoms with Gasteiger partial charge in [-0.2, -0.15) is 0 Å². The maximum Gasteiger partial charge on any atom is 0.265 e. The Morgan fingerprint density at radius 1 is 1.15 bits per heavy atom. The van der Waals surface area contributed by atoms with Gasteiger partial charge >= 0.3 is 0 Å². The molecule has 0 aliphatic heterocycles. The van der Waals surface area contributed by atoms with Crippen LogP contribution in [-0.2, 0) is 6.61 Å². The van der Waals surface area contributed by atoms with Gasteiger partial charge in [-0.25, -0.2) is 0 Å². The van der Waals surface area contributed by atoms with Crippen LogP contribution >= 0.6 is 11.3 Å². The first-order chi connectivity index (χ1) is 13.2. The predicted molar refractivity (Wildman–Crippen MR) is 111 cm³/mol. The Labute approximate surface area is 163 Å². The molecule has 0 saturated heterocycles. The number of nitrogens with one attached hydrogen (secondary N) is 1. The van der Waals surface area contributed by atoms with Crippen molar-refractivity contribution in [3.63, 3.8) is 0 Å². The van der Waals surface area contributed by atoms with Gasteiger partial charge in [-0.1, -0.05) is 36.4 Å². The Hall–Kier alpha value is -3.05. The maximum atomic E-state index is 12.4. The van der Waals surface area contributed by atoms with E-state index in [0.717, 1.165) is 16.9 Å². The number of ether oxygens (including phenoxy) is 2. The highest BCUT2D eigenvalue weighted by Crippen LogP contribution is 2.23. The SMILES string of the molecule is C/C=C/c1ccccc1OCc1csc(C(=O)Nc2cccc(OC)c2)c1. The summed E-state index contributed by atoms with van der Waals surface area (Å²) in [6.07, 6.45) is 3.99. The van der Waals surface area contributed by atoms with Crippen molar-refractivity contribution in [2.45, 2.75) is 13.5 Å². The van der Waals surface area contributed by atoms with Gasteiger partial charge in [0.25, 0.3) is 5.91 Å². The molecular formula is C22H21NO3S. The van der Waals surface area contributed by atoms with Crippen LogP contribution in [0.4, 0.5) is 5.69 Å². The molecular weight excluding hydrogens is 358 g/mol. The Bertz CT molecular complexity index is 946. The smallest absolute Gasteiger partial charge is 0.265 e. The molecule has 4 nitrogen and oxygen atoms in total. The number of hydrogen-bond donors (Lipinski definition) is 1. The first-order valence-electron chi connectivity index (χ1n) is 8.57. The fraction of sp³-hybridized carbons (Fsp3) is 0.136. The van der Waals surface area contributed by atoms with Gasteiger partial charge in [0.1, 0.15) is 18.1 Å². The van der Waals surface area contributed by atoms with Crippen LogP contribution in [0, 0.1) is 0 Å². The number of carbonyl (C=O) groups excluding carboxylic acids is 1. The number of allylic oxidation sites excluding steroid dienone is 1. The highest BCUT2D eigenvalue weighted by atomic mass is 32.1. The van der Waals surface area contributed by atoms with Crippen LogP contribution in [0.5, 0.6) is 11.5 Å². The van der Waals surface area contributed by atoms with Gasteiger partial charge in [0.15, 0.2) is 0 Å². The minimum atomic E-state index is -0.145. The topological polar surface area (TPSA) is 47.6 Å². The van der Waals surface area contributed by atoms with Gasteiger partial charge in [0, 0.05) is 22.9 Å². The van der Waals surface area contributed by atoms with Crippen molar-refractivity contribution in [1.82, 2.24) is 0 Å². The molecule has 0 saturated carbocycles. The molecule has 3 aromatic rings. The molecule has 0 aliphatic carbocycles. The molecule has 138 valence electrons. The second kappa shape index (κ2) is 9.05. The van der Waals surface area contributed by atoms with Crippen LogP contribution in [-0.4, -0.2) is 13.0 Å². The lowest BCUT2D eigenvalue weighted by molar-refractivity contribution is 0.103. The van der Waals surface area contributed by atoms with Crippen molar-refractivity contribution in [2.75, 3.05) is 12.4 Å². The molecule has 27 heavy (non-hydrogen) atoms. The summed E-state index contributed by atoms with van der Waals surface area (Å²) in [4.78, 5) is 13.1. The second-order valence-electron chi connectivity index (χ2n) is 5.83. The second-order valence-corrected chi connectivity index (χ2v) is 6.74. The number of methoxy groups -OCH3 is 1. The average molecular weight is 379 g/mol. The Kier molecular flexibility index (Phi) is 6.28. The lowest BCUT2D eigenvalue weighted by Crippen LogP contribution is -2.10. The van der Waals surface area contributed by atoms with E-state index in [-0.39, 0.29) is 5.91 Å². The minimum Gasteiger partial charge on any atom is -0.497 e. The molecule has 0 radical (unpaired) electrons. The van der Waals surface area contributed by atoms with Crippen molar-refractivity contribution < 1.29 is 14.3 Å². The summed E-state index contributed by atoms with van der Waals surface area (Å²) in [5, 5.41) is 4.83. The molecule has 1 aromatic heterocycles. The van der Waals surface area contributed by atoms with Crippen LogP contribution in [0.15, 0.2) is 66.1 Å². The number of rotatable bonds is 7. The van der Waals surface area contributed by atoms with E-state index in [1.165, 1.54) is 11.3 Å². The lowest BCUT2D eigenvalue weighted by atomic mass is 10.2. The number of thiophene rings is 1. The van der Waals surface area contributed by atoms with Crippen LogP contribution in [0.3, 0.4) is 0 Å². The molecule has 2 aromatic carbocycles. The summed E-state index contributed by atoms with van der Waals surface area (Å²) in [6, 6.07) is 17.0. The number of hydrogen-bond acceptors (Lipinski definition) is 4. The van der Waals surface area contributed by atoms with E-state index < -0.39 is 0 Å². The standard InChI is InChI=1S/C22H21NO3S/c1-3-7-17-8-4-5-11-20(17)26-14-16-12-21(27-15-16)22(24)23-18-9-6-10-19(13-18)25-2/h3-13,15H,14H2,1-2H3,(H,23,24)/b7-3+. The first kappa shape index (κ1) is 18.7. The van der Waals surface area contributed by atoms with E-state index in [9.17, 15) is 4.79 Å². The van der Waals surface area contributed by atoms with Crippen molar-refractivity contribution >= 4 is 29.0 Å². The fourth-order valence-corrected chi connectivity index (χ4v) is 3.35. The third-order valence-corrected chi connectivity index (χ3v) is 4.84. The molecule has 0 unspecified atom stereocenters. The molecule has 0 bridgehead atoms. The number of carbonyl (C=O) groups is 1. The van der Waals surface area contributed by atoms with Crippen molar-refractivity contribution in [1.29, 1.82) is 0 Å². The summed E-state index contributed by atoms with van der Waals surface area (Å²) in [7, 11) is 1.60. The minimum absolute atomic E-state index is 0.145. The third-order valence-electron chi connectivity index (χ3n) is 3.86. The molecule has 3 rings (SSSR count). The van der Waals surface area contributed by atoms with E-state index in [1.807, 2.05) is 73.0 Å². The van der Waals surface area contributed by atoms with Gasteiger partial charge < -0.3 is 14.8 Å². The van der Waals surface area contributed by atoms with Crippen LogP contribution in [0.25, 0.3) is 6.08 Å². The molecule has 1 heterocycles. The summed E-state index contributed by atoms with van der Waals surface area (Å²) < 4.78 is 11.1. The largest absolute Gasteiger partial charge is 0.497 e. The molecule has 5 heteroatoms. The van der Waals surface area contributed by atoms with E-state index in [4.69, 9.17) is 9.47 Å². The summed E-state index contributed by atoms with van der Waals surface area (Å²) in [5.74, 6) is 1.38. The fourth-order valence-electron chi connectivity index (χ4n) is 2.55. The molecule has 0 fully saturated rings. The monoisotopic (exact) mass is 379 g/mol. The van der Waals surface area contributed by atoms with E-state index in [2.05, 4.69) is 5.32 Å². The number of anilines is 1. The van der Waals surface area contributed by atoms with E-state index >= 15 is 0 Å². The summed E-state index contributed by atoms with van der Waals surface area (Å²) in [5.41, 5.74) is 2.70. The third kappa shape index (κ3) is 4.99. The zero-order chi connectivity index (χ0) is 19.1. The van der Waals surface area contributed by atoms with Crippen LogP contribution < -0.4 is 14.8 Å². The molecule has 0 atom stereocenters. The van der Waals surface area contributed by atoms with Crippen LogP contribution in [0.2, 0.25) is 0 Å². The summed E-state index contributed by atoms with van der Waals surface area (Å²) in [6.45, 7) is 2.39. The molecule has 0 aliphatic rings. The Balaban J connectivity index is 1.63.